The van der Waals surface area contributed by atoms with E-state index < -0.39 is 0 Å². The number of rotatable bonds is 4. The number of nitrogens with zero attached hydrogens (tertiary/aromatic N) is 1. The molecule has 2 rings (SSSR count). The van der Waals surface area contributed by atoms with Gasteiger partial charge in [-0.05, 0) is 31.4 Å². The number of pyridine rings is 1. The van der Waals surface area contributed by atoms with E-state index in [2.05, 4.69) is 17.2 Å². The van der Waals surface area contributed by atoms with Crippen LogP contribution in [0.15, 0.2) is 12.1 Å². The molecule has 1 aliphatic rings. The van der Waals surface area contributed by atoms with E-state index in [4.69, 9.17) is 16.3 Å². The highest BCUT2D eigenvalue weighted by molar-refractivity contribution is 6.29. The molecular weight excluding hydrogens is 264 g/mol. The summed E-state index contributed by atoms with van der Waals surface area (Å²) < 4.78 is 5.27. The number of carbonyl (C=O) groups is 1. The molecular formula is C14H19ClN2O2. The number of ether oxygens (including phenoxy) is 1. The number of hydrogen-bond donors (Lipinski definition) is 1. The fourth-order valence-corrected chi connectivity index (χ4v) is 2.40. The SMILES string of the molecule is CCCc1cc(C(=O)NC2CCOCC2)cc(Cl)n1. The maximum Gasteiger partial charge on any atom is 0.251 e. The molecule has 1 aliphatic heterocycles. The van der Waals surface area contributed by atoms with E-state index in [1.165, 1.54) is 0 Å². The van der Waals surface area contributed by atoms with Crippen LogP contribution in [0.3, 0.4) is 0 Å². The number of hydrogen-bond acceptors (Lipinski definition) is 3. The molecule has 0 unspecified atom stereocenters. The number of aryl methyl sites for hydroxylation is 1. The van der Waals surface area contributed by atoms with E-state index in [0.29, 0.717) is 23.9 Å². The van der Waals surface area contributed by atoms with Crippen molar-refractivity contribution in [3.63, 3.8) is 0 Å². The Morgan fingerprint density at radius 2 is 2.21 bits per heavy atom. The van der Waals surface area contributed by atoms with Crippen LogP contribution in [0.1, 0.15) is 42.2 Å². The van der Waals surface area contributed by atoms with E-state index >= 15 is 0 Å². The van der Waals surface area contributed by atoms with E-state index in [9.17, 15) is 4.79 Å². The standard InChI is InChI=1S/C14H19ClN2O2/c1-2-3-12-8-10(9-13(15)16-12)14(18)17-11-4-6-19-7-5-11/h8-9,11H,2-7H2,1H3,(H,17,18). The molecule has 1 saturated heterocycles. The summed E-state index contributed by atoms with van der Waals surface area (Å²) in [7, 11) is 0. The molecule has 19 heavy (non-hydrogen) atoms. The first kappa shape index (κ1) is 14.3. The summed E-state index contributed by atoms with van der Waals surface area (Å²) in [5, 5.41) is 3.40. The fraction of sp³-hybridized carbons (Fsp3) is 0.571. The van der Waals surface area contributed by atoms with Gasteiger partial charge in [-0.15, -0.1) is 0 Å². The first-order valence-corrected chi connectivity index (χ1v) is 7.12. The van der Waals surface area contributed by atoms with Crippen LogP contribution in [0.4, 0.5) is 0 Å². The summed E-state index contributed by atoms with van der Waals surface area (Å²) in [5.74, 6) is -0.0754. The van der Waals surface area contributed by atoms with Crippen molar-refractivity contribution in [1.29, 1.82) is 0 Å². The molecule has 1 aromatic heterocycles. The molecule has 0 saturated carbocycles. The Morgan fingerprint density at radius 1 is 1.47 bits per heavy atom. The highest BCUT2D eigenvalue weighted by Crippen LogP contribution is 2.14. The van der Waals surface area contributed by atoms with E-state index in [0.717, 1.165) is 31.4 Å². The minimum absolute atomic E-state index is 0.0754. The normalized spacial score (nSPS) is 16.3. The van der Waals surface area contributed by atoms with Gasteiger partial charge in [0.2, 0.25) is 0 Å². The Morgan fingerprint density at radius 3 is 2.89 bits per heavy atom. The van der Waals surface area contributed by atoms with Gasteiger partial charge >= 0.3 is 0 Å². The van der Waals surface area contributed by atoms with Gasteiger partial charge in [-0.2, -0.15) is 0 Å². The largest absolute Gasteiger partial charge is 0.381 e. The van der Waals surface area contributed by atoms with Crippen LogP contribution in [0.5, 0.6) is 0 Å². The highest BCUT2D eigenvalue weighted by Gasteiger charge is 2.17. The highest BCUT2D eigenvalue weighted by atomic mass is 35.5. The molecule has 0 atom stereocenters. The van der Waals surface area contributed by atoms with Gasteiger partial charge in [0, 0.05) is 30.5 Å². The van der Waals surface area contributed by atoms with Gasteiger partial charge in [-0.3, -0.25) is 4.79 Å². The monoisotopic (exact) mass is 282 g/mol. The van der Waals surface area contributed by atoms with Crippen molar-refractivity contribution < 1.29 is 9.53 Å². The lowest BCUT2D eigenvalue weighted by Gasteiger charge is -2.23. The summed E-state index contributed by atoms with van der Waals surface area (Å²) >= 11 is 5.96. The van der Waals surface area contributed by atoms with Crippen molar-refractivity contribution in [2.45, 2.75) is 38.6 Å². The molecule has 0 aliphatic carbocycles. The number of nitrogens with one attached hydrogen (secondary N) is 1. The molecule has 1 aromatic rings. The van der Waals surface area contributed by atoms with Crippen molar-refractivity contribution in [1.82, 2.24) is 10.3 Å². The van der Waals surface area contributed by atoms with Gasteiger partial charge in [0.15, 0.2) is 0 Å². The first-order valence-electron chi connectivity index (χ1n) is 6.74. The van der Waals surface area contributed by atoms with Crippen LogP contribution in [0.2, 0.25) is 5.15 Å². The molecule has 0 radical (unpaired) electrons. The molecule has 1 fully saturated rings. The quantitative estimate of drug-likeness (QED) is 0.864. The van der Waals surface area contributed by atoms with Crippen molar-refractivity contribution in [3.8, 4) is 0 Å². The minimum Gasteiger partial charge on any atom is -0.381 e. The average molecular weight is 283 g/mol. The second-order valence-corrected chi connectivity index (χ2v) is 5.17. The molecule has 104 valence electrons. The second kappa shape index (κ2) is 6.87. The molecule has 4 nitrogen and oxygen atoms in total. The van der Waals surface area contributed by atoms with Crippen LogP contribution in [-0.4, -0.2) is 30.1 Å². The third-order valence-electron chi connectivity index (χ3n) is 3.17. The number of amides is 1. The van der Waals surface area contributed by atoms with Crippen LogP contribution in [-0.2, 0) is 11.2 Å². The average Bonchev–Trinajstić information content (AvgIpc) is 2.39. The second-order valence-electron chi connectivity index (χ2n) is 4.78. The summed E-state index contributed by atoms with van der Waals surface area (Å²) in [6, 6.07) is 3.64. The lowest BCUT2D eigenvalue weighted by molar-refractivity contribution is 0.0696. The van der Waals surface area contributed by atoms with Crippen LogP contribution in [0.25, 0.3) is 0 Å². The van der Waals surface area contributed by atoms with Crippen molar-refractivity contribution in [2.75, 3.05) is 13.2 Å². The van der Waals surface area contributed by atoms with Crippen molar-refractivity contribution in [2.24, 2.45) is 0 Å². The summed E-state index contributed by atoms with van der Waals surface area (Å²) in [5.41, 5.74) is 1.46. The van der Waals surface area contributed by atoms with Crippen LogP contribution >= 0.6 is 11.6 Å². The maximum absolute atomic E-state index is 12.2. The number of halogens is 1. The third-order valence-corrected chi connectivity index (χ3v) is 3.37. The molecule has 1 N–H and O–H groups in total. The maximum atomic E-state index is 12.2. The van der Waals surface area contributed by atoms with Crippen LogP contribution < -0.4 is 5.32 Å². The zero-order chi connectivity index (χ0) is 13.7. The van der Waals surface area contributed by atoms with Crippen molar-refractivity contribution >= 4 is 17.5 Å². The summed E-state index contributed by atoms with van der Waals surface area (Å²) in [4.78, 5) is 16.4. The lowest BCUT2D eigenvalue weighted by atomic mass is 10.1. The van der Waals surface area contributed by atoms with E-state index in [1.54, 1.807) is 6.07 Å². The Labute approximate surface area is 118 Å². The van der Waals surface area contributed by atoms with Gasteiger partial charge in [0.25, 0.3) is 5.91 Å². The van der Waals surface area contributed by atoms with E-state index in [1.807, 2.05) is 6.07 Å². The van der Waals surface area contributed by atoms with Crippen LogP contribution in [0, 0.1) is 0 Å². The summed E-state index contributed by atoms with van der Waals surface area (Å²) in [6.45, 7) is 3.50. The van der Waals surface area contributed by atoms with Gasteiger partial charge in [-0.25, -0.2) is 4.98 Å². The predicted octanol–water partition coefficient (Wildman–Crippen LogP) is 2.60. The smallest absolute Gasteiger partial charge is 0.251 e. The Bertz CT molecular complexity index is 445. The molecule has 5 heteroatoms. The minimum atomic E-state index is -0.0754. The van der Waals surface area contributed by atoms with Gasteiger partial charge < -0.3 is 10.1 Å². The molecule has 0 bridgehead atoms. The zero-order valence-corrected chi connectivity index (χ0v) is 11.9. The van der Waals surface area contributed by atoms with Gasteiger partial charge in [0.05, 0.1) is 0 Å². The van der Waals surface area contributed by atoms with E-state index in [-0.39, 0.29) is 11.9 Å². The fourth-order valence-electron chi connectivity index (χ4n) is 2.18. The molecule has 0 spiro atoms. The Kier molecular flexibility index (Phi) is 5.16. The zero-order valence-electron chi connectivity index (χ0n) is 11.1. The third kappa shape index (κ3) is 4.18. The van der Waals surface area contributed by atoms with Crippen molar-refractivity contribution in [3.05, 3.63) is 28.5 Å². The molecule has 0 aromatic carbocycles. The molecule has 1 amide bonds. The first-order chi connectivity index (χ1) is 9.19. The number of aromatic nitrogens is 1. The topological polar surface area (TPSA) is 51.2 Å². The number of carbonyl (C=O) groups excluding carboxylic acids is 1. The van der Waals surface area contributed by atoms with Gasteiger partial charge in [-0.1, -0.05) is 24.9 Å². The molecule has 2 heterocycles. The Hall–Kier alpha value is -1.13. The Balaban J connectivity index is 2.05. The lowest BCUT2D eigenvalue weighted by Crippen LogP contribution is -2.38. The summed E-state index contributed by atoms with van der Waals surface area (Å²) in [6.07, 6.45) is 3.55. The van der Waals surface area contributed by atoms with Gasteiger partial charge in [0.1, 0.15) is 5.15 Å². The predicted molar refractivity (Wildman–Crippen MR) is 74.5 cm³/mol.